The highest BCUT2D eigenvalue weighted by Crippen LogP contribution is 2.48. The fourth-order valence-corrected chi connectivity index (χ4v) is 4.45. The summed E-state index contributed by atoms with van der Waals surface area (Å²) in [6.07, 6.45) is 3.40. The van der Waals surface area contributed by atoms with Gasteiger partial charge >= 0.3 is 0 Å². The van der Waals surface area contributed by atoms with Gasteiger partial charge < -0.3 is 0 Å². The molecule has 0 radical (unpaired) electrons. The third-order valence-electron chi connectivity index (χ3n) is 5.21. The van der Waals surface area contributed by atoms with E-state index in [4.69, 9.17) is 0 Å². The maximum Gasteiger partial charge on any atom is 0.160 e. The van der Waals surface area contributed by atoms with Crippen molar-refractivity contribution in [2.45, 2.75) is 58.3 Å². The summed E-state index contributed by atoms with van der Waals surface area (Å²) >= 11 is 1.58. The standard InChI is InChI=1S/C20H24OS/c1-13-10-16-17(20(4,5)9-8-19(16,2)3)11-15(13)18-7-6-14(12-21)22-18/h6-7,10-12H,8-9H2,1-5H3. The van der Waals surface area contributed by atoms with Crippen LogP contribution in [0.4, 0.5) is 0 Å². The third kappa shape index (κ3) is 2.44. The van der Waals surface area contributed by atoms with Crippen LogP contribution in [-0.4, -0.2) is 6.29 Å². The van der Waals surface area contributed by atoms with Crippen LogP contribution in [0.3, 0.4) is 0 Å². The van der Waals surface area contributed by atoms with E-state index in [1.54, 1.807) is 11.3 Å². The molecule has 1 heterocycles. The Labute approximate surface area is 137 Å². The van der Waals surface area contributed by atoms with E-state index in [1.807, 2.05) is 6.07 Å². The van der Waals surface area contributed by atoms with Crippen molar-refractivity contribution in [2.75, 3.05) is 0 Å². The predicted octanol–water partition coefficient (Wildman–Crippen LogP) is 5.89. The van der Waals surface area contributed by atoms with Crippen LogP contribution in [0.2, 0.25) is 0 Å². The molecule has 116 valence electrons. The van der Waals surface area contributed by atoms with E-state index in [2.05, 4.69) is 52.8 Å². The van der Waals surface area contributed by atoms with Gasteiger partial charge in [-0.2, -0.15) is 0 Å². The van der Waals surface area contributed by atoms with Crippen molar-refractivity contribution in [3.63, 3.8) is 0 Å². The number of thiophene rings is 1. The third-order valence-corrected chi connectivity index (χ3v) is 6.25. The highest BCUT2D eigenvalue weighted by atomic mass is 32.1. The van der Waals surface area contributed by atoms with Crippen LogP contribution in [0.1, 0.15) is 66.9 Å². The van der Waals surface area contributed by atoms with Gasteiger partial charge in [0.2, 0.25) is 0 Å². The summed E-state index contributed by atoms with van der Waals surface area (Å²) in [7, 11) is 0. The Morgan fingerprint density at radius 1 is 1.00 bits per heavy atom. The van der Waals surface area contributed by atoms with E-state index in [-0.39, 0.29) is 10.8 Å². The molecule has 0 spiro atoms. The summed E-state index contributed by atoms with van der Waals surface area (Å²) in [5, 5.41) is 0. The number of hydrogen-bond donors (Lipinski definition) is 0. The Hall–Kier alpha value is -1.41. The molecule has 0 atom stereocenters. The molecule has 1 aromatic carbocycles. The molecule has 1 nitrogen and oxygen atoms in total. The minimum atomic E-state index is 0.220. The van der Waals surface area contributed by atoms with Crippen molar-refractivity contribution in [3.8, 4) is 10.4 Å². The average Bonchev–Trinajstić information content (AvgIpc) is 2.92. The zero-order valence-corrected chi connectivity index (χ0v) is 14.9. The van der Waals surface area contributed by atoms with Crippen LogP contribution in [0.5, 0.6) is 0 Å². The molecular formula is C20H24OS. The van der Waals surface area contributed by atoms with Gasteiger partial charge in [-0.3, -0.25) is 4.79 Å². The number of benzene rings is 1. The van der Waals surface area contributed by atoms with Gasteiger partial charge in [0.15, 0.2) is 6.29 Å². The fraction of sp³-hybridized carbons (Fsp3) is 0.450. The topological polar surface area (TPSA) is 17.1 Å². The molecule has 0 aliphatic heterocycles. The first-order valence-electron chi connectivity index (χ1n) is 7.96. The lowest BCUT2D eigenvalue weighted by Gasteiger charge is -2.42. The molecule has 0 saturated heterocycles. The number of aldehydes is 1. The highest BCUT2D eigenvalue weighted by molar-refractivity contribution is 7.17. The first kappa shape index (κ1) is 15.5. The Kier molecular flexibility index (Phi) is 3.56. The quantitative estimate of drug-likeness (QED) is 0.632. The fourth-order valence-electron chi connectivity index (χ4n) is 3.55. The second-order valence-electron chi connectivity index (χ2n) is 7.80. The Morgan fingerprint density at radius 3 is 2.14 bits per heavy atom. The molecule has 3 rings (SSSR count). The summed E-state index contributed by atoms with van der Waals surface area (Å²) in [5.41, 5.74) is 6.03. The van der Waals surface area contributed by atoms with E-state index < -0.39 is 0 Å². The number of fused-ring (bicyclic) bond motifs is 1. The van der Waals surface area contributed by atoms with E-state index in [0.717, 1.165) is 11.2 Å². The molecule has 0 fully saturated rings. The van der Waals surface area contributed by atoms with Crippen LogP contribution in [0.25, 0.3) is 10.4 Å². The van der Waals surface area contributed by atoms with Gasteiger partial charge in [-0.25, -0.2) is 0 Å². The molecule has 0 saturated carbocycles. The monoisotopic (exact) mass is 312 g/mol. The van der Waals surface area contributed by atoms with Crippen molar-refractivity contribution < 1.29 is 4.79 Å². The van der Waals surface area contributed by atoms with Crippen molar-refractivity contribution in [2.24, 2.45) is 0 Å². The average molecular weight is 312 g/mol. The number of hydrogen-bond acceptors (Lipinski definition) is 2. The summed E-state index contributed by atoms with van der Waals surface area (Å²) < 4.78 is 0. The Balaban J connectivity index is 2.21. The van der Waals surface area contributed by atoms with E-state index in [9.17, 15) is 4.79 Å². The van der Waals surface area contributed by atoms with Crippen molar-refractivity contribution in [1.82, 2.24) is 0 Å². The first-order valence-corrected chi connectivity index (χ1v) is 8.77. The Morgan fingerprint density at radius 2 is 1.59 bits per heavy atom. The molecule has 2 aromatic rings. The SMILES string of the molecule is Cc1cc2c(cc1-c1ccc(C=O)s1)C(C)(C)CCC2(C)C. The van der Waals surface area contributed by atoms with Gasteiger partial charge in [0, 0.05) is 4.88 Å². The van der Waals surface area contributed by atoms with Crippen LogP contribution in [0, 0.1) is 6.92 Å². The molecule has 0 unspecified atom stereocenters. The van der Waals surface area contributed by atoms with E-state index in [1.165, 1.54) is 40.0 Å². The summed E-state index contributed by atoms with van der Waals surface area (Å²) in [5.74, 6) is 0. The second-order valence-corrected chi connectivity index (χ2v) is 8.92. The minimum Gasteiger partial charge on any atom is -0.297 e. The maximum absolute atomic E-state index is 11.0. The molecule has 0 amide bonds. The van der Waals surface area contributed by atoms with Crippen LogP contribution in [-0.2, 0) is 10.8 Å². The molecule has 2 heteroatoms. The van der Waals surface area contributed by atoms with Gasteiger partial charge in [-0.05, 0) is 71.0 Å². The van der Waals surface area contributed by atoms with Crippen molar-refractivity contribution in [3.05, 3.63) is 45.8 Å². The van der Waals surface area contributed by atoms with Gasteiger partial charge in [-0.1, -0.05) is 33.8 Å². The highest BCUT2D eigenvalue weighted by Gasteiger charge is 2.37. The van der Waals surface area contributed by atoms with Gasteiger partial charge in [0.25, 0.3) is 0 Å². The van der Waals surface area contributed by atoms with E-state index in [0.29, 0.717) is 0 Å². The van der Waals surface area contributed by atoms with Crippen LogP contribution < -0.4 is 0 Å². The maximum atomic E-state index is 11.0. The normalized spacial score (nSPS) is 18.8. The lowest BCUT2D eigenvalue weighted by atomic mass is 9.62. The molecule has 0 bridgehead atoms. The number of aryl methyl sites for hydroxylation is 1. The smallest absolute Gasteiger partial charge is 0.160 e. The van der Waals surface area contributed by atoms with Gasteiger partial charge in [0.05, 0.1) is 4.88 Å². The molecule has 22 heavy (non-hydrogen) atoms. The lowest BCUT2D eigenvalue weighted by molar-refractivity contribution is 0.112. The van der Waals surface area contributed by atoms with Gasteiger partial charge in [0.1, 0.15) is 0 Å². The zero-order chi connectivity index (χ0) is 16.1. The van der Waals surface area contributed by atoms with E-state index >= 15 is 0 Å². The second kappa shape index (κ2) is 5.06. The molecule has 1 aliphatic carbocycles. The van der Waals surface area contributed by atoms with Crippen LogP contribution in [0.15, 0.2) is 24.3 Å². The number of carbonyl (C=O) groups is 1. The Bertz CT molecular complexity index is 734. The number of carbonyl (C=O) groups excluding carboxylic acids is 1. The van der Waals surface area contributed by atoms with Gasteiger partial charge in [-0.15, -0.1) is 11.3 Å². The first-order chi connectivity index (χ1) is 10.2. The van der Waals surface area contributed by atoms with Crippen molar-refractivity contribution >= 4 is 17.6 Å². The minimum absolute atomic E-state index is 0.220. The molecular weight excluding hydrogens is 288 g/mol. The molecule has 1 aliphatic rings. The molecule has 1 aromatic heterocycles. The molecule has 0 N–H and O–H groups in total. The lowest BCUT2D eigenvalue weighted by Crippen LogP contribution is -2.34. The largest absolute Gasteiger partial charge is 0.297 e. The number of rotatable bonds is 2. The summed E-state index contributed by atoms with van der Waals surface area (Å²) in [4.78, 5) is 13.0. The zero-order valence-electron chi connectivity index (χ0n) is 14.1. The summed E-state index contributed by atoms with van der Waals surface area (Å²) in [6.45, 7) is 11.6. The van der Waals surface area contributed by atoms with Crippen molar-refractivity contribution in [1.29, 1.82) is 0 Å². The predicted molar refractivity (Wildman–Crippen MR) is 95.2 cm³/mol. The summed E-state index contributed by atoms with van der Waals surface area (Å²) in [6, 6.07) is 8.75. The van der Waals surface area contributed by atoms with Crippen LogP contribution >= 0.6 is 11.3 Å².